The van der Waals surface area contributed by atoms with Gasteiger partial charge in [-0.15, -0.1) is 11.3 Å². The van der Waals surface area contributed by atoms with Crippen molar-refractivity contribution >= 4 is 23.3 Å². The minimum atomic E-state index is -0.422. The van der Waals surface area contributed by atoms with E-state index in [1.807, 2.05) is 6.07 Å². The highest BCUT2D eigenvalue weighted by molar-refractivity contribution is 7.15. The van der Waals surface area contributed by atoms with Crippen LogP contribution in [0.5, 0.6) is 0 Å². The Morgan fingerprint density at radius 1 is 0.960 bits per heavy atom. The molecular weight excluding hydrogens is 336 g/mol. The van der Waals surface area contributed by atoms with Crippen molar-refractivity contribution in [3.05, 3.63) is 46.3 Å². The van der Waals surface area contributed by atoms with Crippen LogP contribution in [0.25, 0.3) is 10.4 Å². The summed E-state index contributed by atoms with van der Waals surface area (Å²) in [5.74, 6) is -0.835. The van der Waals surface area contributed by atoms with E-state index in [0.717, 1.165) is 11.3 Å². The van der Waals surface area contributed by atoms with E-state index in [9.17, 15) is 9.59 Å². The summed E-state index contributed by atoms with van der Waals surface area (Å²) >= 11 is 1.65. The molecule has 2 aromatic rings. The lowest BCUT2D eigenvalue weighted by atomic mass is 10.0. The Balaban J connectivity index is 2.30. The zero-order chi connectivity index (χ0) is 18.2. The zero-order valence-electron chi connectivity index (χ0n) is 15.0. The molecule has 5 heteroatoms. The van der Waals surface area contributed by atoms with E-state index in [2.05, 4.69) is 13.0 Å². The molecule has 0 aliphatic heterocycles. The van der Waals surface area contributed by atoms with Crippen LogP contribution < -0.4 is 0 Å². The van der Waals surface area contributed by atoms with Crippen molar-refractivity contribution in [2.24, 2.45) is 0 Å². The summed E-state index contributed by atoms with van der Waals surface area (Å²) in [7, 11) is 2.70. The third-order valence-corrected chi connectivity index (χ3v) is 5.23. The third-order valence-electron chi connectivity index (χ3n) is 4.05. The first-order valence-corrected chi connectivity index (χ1v) is 9.32. The van der Waals surface area contributed by atoms with Crippen molar-refractivity contribution in [1.82, 2.24) is 0 Å². The van der Waals surface area contributed by atoms with Gasteiger partial charge in [0.2, 0.25) is 0 Å². The first kappa shape index (κ1) is 19.2. The Kier molecular flexibility index (Phi) is 7.19. The number of thiophene rings is 1. The molecule has 0 aliphatic carbocycles. The molecule has 1 heterocycles. The Hall–Kier alpha value is -2.14. The molecule has 0 bridgehead atoms. The van der Waals surface area contributed by atoms with E-state index >= 15 is 0 Å². The molecule has 0 N–H and O–H groups in total. The van der Waals surface area contributed by atoms with Crippen LogP contribution in [0.1, 0.15) is 58.2 Å². The molecule has 0 amide bonds. The fourth-order valence-corrected chi connectivity index (χ4v) is 3.74. The Morgan fingerprint density at radius 3 is 2.40 bits per heavy atom. The lowest BCUT2D eigenvalue weighted by molar-refractivity contribution is 0.0587. The van der Waals surface area contributed by atoms with Crippen molar-refractivity contribution in [2.75, 3.05) is 14.2 Å². The summed E-state index contributed by atoms with van der Waals surface area (Å²) in [5, 5.41) is 0. The number of hydrogen-bond donors (Lipinski definition) is 0. The summed E-state index contributed by atoms with van der Waals surface area (Å²) in [6, 6.07) is 9.00. The molecule has 1 aromatic carbocycles. The molecule has 0 spiro atoms. The molecule has 0 fully saturated rings. The van der Waals surface area contributed by atoms with Gasteiger partial charge in [-0.2, -0.15) is 0 Å². The van der Waals surface area contributed by atoms with Crippen LogP contribution in [0.15, 0.2) is 30.3 Å². The number of methoxy groups -OCH3 is 2. The second-order valence-electron chi connectivity index (χ2n) is 5.82. The van der Waals surface area contributed by atoms with Gasteiger partial charge in [-0.25, -0.2) is 9.59 Å². The molecule has 0 atom stereocenters. The van der Waals surface area contributed by atoms with Gasteiger partial charge in [0.25, 0.3) is 0 Å². The number of esters is 2. The van der Waals surface area contributed by atoms with Gasteiger partial charge >= 0.3 is 11.9 Å². The van der Waals surface area contributed by atoms with Gasteiger partial charge in [-0.3, -0.25) is 0 Å². The molecule has 134 valence electrons. The maximum absolute atomic E-state index is 12.1. The number of benzene rings is 1. The van der Waals surface area contributed by atoms with E-state index in [0.29, 0.717) is 16.7 Å². The average molecular weight is 360 g/mol. The van der Waals surface area contributed by atoms with Gasteiger partial charge in [-0.1, -0.05) is 26.2 Å². The molecule has 25 heavy (non-hydrogen) atoms. The van der Waals surface area contributed by atoms with Crippen molar-refractivity contribution in [3.63, 3.8) is 0 Å². The molecule has 4 nitrogen and oxygen atoms in total. The Bertz CT molecular complexity index is 733. The summed E-state index contributed by atoms with van der Waals surface area (Å²) in [4.78, 5) is 26.1. The highest BCUT2D eigenvalue weighted by Crippen LogP contribution is 2.33. The van der Waals surface area contributed by atoms with Crippen molar-refractivity contribution in [3.8, 4) is 10.4 Å². The second-order valence-corrected chi connectivity index (χ2v) is 6.99. The fourth-order valence-electron chi connectivity index (χ4n) is 2.66. The molecule has 0 saturated carbocycles. The molecular formula is C20H24O4S. The standard InChI is InChI=1S/C20H24O4S/c1-4-5-6-7-8-15-10-12-18(25-15)17-13-14(19(21)23-2)9-11-16(17)20(22)24-3/h9-13H,4-8H2,1-3H3. The molecule has 0 unspecified atom stereocenters. The topological polar surface area (TPSA) is 52.6 Å². The van der Waals surface area contributed by atoms with Crippen molar-refractivity contribution in [2.45, 2.75) is 39.0 Å². The lowest BCUT2D eigenvalue weighted by Gasteiger charge is -2.08. The Labute approximate surface area is 152 Å². The minimum Gasteiger partial charge on any atom is -0.465 e. The number of unbranched alkanes of at least 4 members (excludes halogenated alkanes) is 3. The van der Waals surface area contributed by atoms with Crippen LogP contribution >= 0.6 is 11.3 Å². The number of hydrogen-bond acceptors (Lipinski definition) is 5. The van der Waals surface area contributed by atoms with E-state index in [1.54, 1.807) is 29.5 Å². The number of carbonyl (C=O) groups is 2. The van der Waals surface area contributed by atoms with Crippen LogP contribution in [0.2, 0.25) is 0 Å². The smallest absolute Gasteiger partial charge is 0.338 e. The maximum atomic E-state index is 12.1. The molecule has 0 saturated heterocycles. The second kappa shape index (κ2) is 9.37. The first-order chi connectivity index (χ1) is 12.1. The molecule has 2 rings (SSSR count). The number of ether oxygens (including phenoxy) is 2. The predicted octanol–water partition coefficient (Wildman–Crippen LogP) is 5.11. The largest absolute Gasteiger partial charge is 0.465 e. The normalized spacial score (nSPS) is 10.5. The lowest BCUT2D eigenvalue weighted by Crippen LogP contribution is -2.06. The predicted molar refractivity (Wildman–Crippen MR) is 100 cm³/mol. The number of carbonyl (C=O) groups excluding carboxylic acids is 2. The fraction of sp³-hybridized carbons (Fsp3) is 0.400. The van der Waals surface area contributed by atoms with E-state index in [4.69, 9.17) is 9.47 Å². The molecule has 0 radical (unpaired) electrons. The van der Waals surface area contributed by atoms with E-state index < -0.39 is 11.9 Å². The summed E-state index contributed by atoms with van der Waals surface area (Å²) in [5.41, 5.74) is 1.58. The Morgan fingerprint density at radius 2 is 1.72 bits per heavy atom. The first-order valence-electron chi connectivity index (χ1n) is 8.50. The highest BCUT2D eigenvalue weighted by Gasteiger charge is 2.18. The summed E-state index contributed by atoms with van der Waals surface area (Å²) in [6.45, 7) is 2.20. The number of aryl methyl sites for hydroxylation is 1. The van der Waals surface area contributed by atoms with Crippen LogP contribution in [-0.2, 0) is 15.9 Å². The maximum Gasteiger partial charge on any atom is 0.338 e. The zero-order valence-corrected chi connectivity index (χ0v) is 15.8. The number of rotatable bonds is 8. The summed E-state index contributed by atoms with van der Waals surface area (Å²) < 4.78 is 9.66. The van der Waals surface area contributed by atoms with Gasteiger partial charge in [0, 0.05) is 15.3 Å². The van der Waals surface area contributed by atoms with E-state index in [-0.39, 0.29) is 0 Å². The van der Waals surface area contributed by atoms with Crippen LogP contribution in [0.3, 0.4) is 0 Å². The van der Waals surface area contributed by atoms with Crippen molar-refractivity contribution < 1.29 is 19.1 Å². The third kappa shape index (κ3) is 4.92. The van der Waals surface area contributed by atoms with Crippen LogP contribution in [0.4, 0.5) is 0 Å². The SMILES string of the molecule is CCCCCCc1ccc(-c2cc(C(=O)OC)ccc2C(=O)OC)s1. The highest BCUT2D eigenvalue weighted by atomic mass is 32.1. The molecule has 0 aliphatic rings. The van der Waals surface area contributed by atoms with Gasteiger partial charge < -0.3 is 9.47 Å². The van der Waals surface area contributed by atoms with Gasteiger partial charge in [0.05, 0.1) is 25.3 Å². The van der Waals surface area contributed by atoms with Gasteiger partial charge in [-0.05, 0) is 43.2 Å². The van der Waals surface area contributed by atoms with Gasteiger partial charge in [0.1, 0.15) is 0 Å². The van der Waals surface area contributed by atoms with Gasteiger partial charge in [0.15, 0.2) is 0 Å². The van der Waals surface area contributed by atoms with Crippen molar-refractivity contribution in [1.29, 1.82) is 0 Å². The summed E-state index contributed by atoms with van der Waals surface area (Å²) in [6.07, 6.45) is 5.91. The van der Waals surface area contributed by atoms with Crippen LogP contribution in [0, 0.1) is 0 Å². The van der Waals surface area contributed by atoms with Crippen LogP contribution in [-0.4, -0.2) is 26.2 Å². The minimum absolute atomic E-state index is 0.413. The monoisotopic (exact) mass is 360 g/mol. The van der Waals surface area contributed by atoms with E-state index in [1.165, 1.54) is 44.8 Å². The quantitative estimate of drug-likeness (QED) is 0.485. The molecule has 1 aromatic heterocycles. The average Bonchev–Trinajstić information content (AvgIpc) is 3.12.